The van der Waals surface area contributed by atoms with Gasteiger partial charge in [-0.2, -0.15) is 11.3 Å². The Hall–Kier alpha value is -2.01. The maximum atomic E-state index is 5.80. The molecule has 0 spiro atoms. The summed E-state index contributed by atoms with van der Waals surface area (Å²) in [5.74, 6) is 1.22. The number of hydrogen-bond acceptors (Lipinski definition) is 3. The molecule has 0 amide bonds. The molecule has 94 valence electrons. The van der Waals surface area contributed by atoms with E-state index in [2.05, 4.69) is 15.7 Å². The van der Waals surface area contributed by atoms with Gasteiger partial charge in [-0.15, -0.1) is 0 Å². The van der Waals surface area contributed by atoms with Crippen LogP contribution in [0, 0.1) is 0 Å². The van der Waals surface area contributed by atoms with Crippen molar-refractivity contribution in [1.82, 2.24) is 0 Å². The average molecular weight is 261 g/mol. The molecule has 0 saturated heterocycles. The van der Waals surface area contributed by atoms with Crippen molar-refractivity contribution in [3.63, 3.8) is 0 Å². The second-order valence-electron chi connectivity index (χ2n) is 3.69. The first-order chi connectivity index (χ1) is 8.78. The zero-order chi connectivity index (χ0) is 12.8. The average Bonchev–Trinajstić information content (AvgIpc) is 2.90. The third kappa shape index (κ3) is 3.49. The van der Waals surface area contributed by atoms with Crippen molar-refractivity contribution in [3.8, 4) is 5.75 Å². The number of rotatable bonds is 4. The molecular weight excluding hydrogens is 246 g/mol. The summed E-state index contributed by atoms with van der Waals surface area (Å²) in [6.07, 6.45) is 0. The van der Waals surface area contributed by atoms with Crippen molar-refractivity contribution in [2.45, 2.75) is 6.54 Å². The van der Waals surface area contributed by atoms with Crippen LogP contribution in [0.25, 0.3) is 0 Å². The monoisotopic (exact) mass is 261 g/mol. The Balaban J connectivity index is 1.93. The van der Waals surface area contributed by atoms with E-state index in [4.69, 9.17) is 10.5 Å². The van der Waals surface area contributed by atoms with Crippen molar-refractivity contribution < 1.29 is 4.74 Å². The van der Waals surface area contributed by atoms with E-state index in [1.807, 2.05) is 35.7 Å². The normalized spacial score (nSPS) is 11.3. The first-order valence-electron chi connectivity index (χ1n) is 5.50. The molecule has 1 aromatic heterocycles. The summed E-state index contributed by atoms with van der Waals surface area (Å²) in [6.45, 7) is 0.596. The molecule has 5 heteroatoms. The molecule has 1 aromatic carbocycles. The van der Waals surface area contributed by atoms with Gasteiger partial charge in [-0.05, 0) is 46.7 Å². The zero-order valence-electron chi connectivity index (χ0n) is 10.1. The molecule has 18 heavy (non-hydrogen) atoms. The number of nitrogens with two attached hydrogens (primary N) is 1. The third-order valence-corrected chi connectivity index (χ3v) is 3.11. The summed E-state index contributed by atoms with van der Waals surface area (Å²) < 4.78 is 5.08. The molecule has 3 N–H and O–H groups in total. The van der Waals surface area contributed by atoms with Gasteiger partial charge < -0.3 is 15.8 Å². The topological polar surface area (TPSA) is 59.6 Å². The second-order valence-corrected chi connectivity index (χ2v) is 4.47. The molecule has 0 unspecified atom stereocenters. The fourth-order valence-corrected chi connectivity index (χ4v) is 2.08. The Bertz CT molecular complexity index is 506. The molecule has 0 saturated carbocycles. The summed E-state index contributed by atoms with van der Waals surface area (Å²) in [5, 5.41) is 7.12. The van der Waals surface area contributed by atoms with Gasteiger partial charge in [0.25, 0.3) is 0 Å². The lowest BCUT2D eigenvalue weighted by Gasteiger charge is -2.06. The van der Waals surface area contributed by atoms with E-state index in [-0.39, 0.29) is 0 Å². The fourth-order valence-electron chi connectivity index (χ4n) is 1.42. The highest BCUT2D eigenvalue weighted by atomic mass is 32.1. The van der Waals surface area contributed by atoms with Gasteiger partial charge in [-0.25, -0.2) is 4.99 Å². The number of benzene rings is 1. The quantitative estimate of drug-likeness (QED) is 0.657. The predicted octanol–water partition coefficient (Wildman–Crippen LogP) is 2.68. The van der Waals surface area contributed by atoms with Crippen molar-refractivity contribution >= 4 is 23.0 Å². The largest absolute Gasteiger partial charge is 0.497 e. The lowest BCUT2D eigenvalue weighted by atomic mass is 10.3. The highest BCUT2D eigenvalue weighted by Gasteiger charge is 1.96. The zero-order valence-corrected chi connectivity index (χ0v) is 10.9. The van der Waals surface area contributed by atoms with E-state index in [9.17, 15) is 0 Å². The molecule has 2 rings (SSSR count). The third-order valence-electron chi connectivity index (χ3n) is 2.37. The fraction of sp³-hybridized carbons (Fsp3) is 0.154. The molecule has 0 atom stereocenters. The molecular formula is C13H15N3OS. The number of anilines is 1. The van der Waals surface area contributed by atoms with Crippen LogP contribution in [0.4, 0.5) is 5.69 Å². The van der Waals surface area contributed by atoms with Crippen LogP contribution < -0.4 is 15.8 Å². The minimum Gasteiger partial charge on any atom is -0.497 e. The Morgan fingerprint density at radius 3 is 2.72 bits per heavy atom. The molecule has 4 nitrogen and oxygen atoms in total. The first-order valence-corrected chi connectivity index (χ1v) is 6.44. The number of ether oxygens (including phenoxy) is 1. The SMILES string of the molecule is COc1ccc(NC(N)=NCc2ccsc2)cc1. The summed E-state index contributed by atoms with van der Waals surface area (Å²) in [7, 11) is 1.64. The van der Waals surface area contributed by atoms with E-state index < -0.39 is 0 Å². The summed E-state index contributed by atoms with van der Waals surface area (Å²) in [5.41, 5.74) is 7.86. The molecule has 0 fully saturated rings. The van der Waals surface area contributed by atoms with Crippen LogP contribution in [0.1, 0.15) is 5.56 Å². The predicted molar refractivity (Wildman–Crippen MR) is 76.3 cm³/mol. The van der Waals surface area contributed by atoms with Crippen LogP contribution in [-0.4, -0.2) is 13.1 Å². The molecule has 0 aliphatic carbocycles. The van der Waals surface area contributed by atoms with Gasteiger partial charge in [-0.1, -0.05) is 0 Å². The van der Waals surface area contributed by atoms with Crippen LogP contribution in [0.15, 0.2) is 46.1 Å². The number of guanidine groups is 1. The van der Waals surface area contributed by atoms with Gasteiger partial charge in [0.2, 0.25) is 0 Å². The van der Waals surface area contributed by atoms with Gasteiger partial charge >= 0.3 is 0 Å². The maximum Gasteiger partial charge on any atom is 0.193 e. The molecule has 1 heterocycles. The van der Waals surface area contributed by atoms with E-state index >= 15 is 0 Å². The van der Waals surface area contributed by atoms with Gasteiger partial charge in [0.1, 0.15) is 5.75 Å². The maximum absolute atomic E-state index is 5.80. The van der Waals surface area contributed by atoms with Crippen LogP contribution in [0.3, 0.4) is 0 Å². The van der Waals surface area contributed by atoms with Crippen molar-refractivity contribution in [3.05, 3.63) is 46.7 Å². The van der Waals surface area contributed by atoms with Crippen LogP contribution in [-0.2, 0) is 6.54 Å². The highest BCUT2D eigenvalue weighted by molar-refractivity contribution is 7.07. The second kappa shape index (κ2) is 6.07. The minimum absolute atomic E-state index is 0.409. The van der Waals surface area contributed by atoms with Gasteiger partial charge in [0, 0.05) is 5.69 Å². The number of nitrogens with zero attached hydrogens (tertiary/aromatic N) is 1. The first kappa shape index (κ1) is 12.4. The number of hydrogen-bond donors (Lipinski definition) is 2. The van der Waals surface area contributed by atoms with E-state index in [1.165, 1.54) is 5.56 Å². The van der Waals surface area contributed by atoms with E-state index in [0.717, 1.165) is 11.4 Å². The number of thiophene rings is 1. The Morgan fingerprint density at radius 1 is 1.33 bits per heavy atom. The molecule has 2 aromatic rings. The standard InChI is InChI=1S/C13H15N3OS/c1-17-12-4-2-11(3-5-12)16-13(14)15-8-10-6-7-18-9-10/h2-7,9H,8H2,1H3,(H3,14,15,16). The van der Waals surface area contributed by atoms with Crippen molar-refractivity contribution in [1.29, 1.82) is 0 Å². The smallest absolute Gasteiger partial charge is 0.193 e. The van der Waals surface area contributed by atoms with Crippen LogP contribution >= 0.6 is 11.3 Å². The summed E-state index contributed by atoms with van der Waals surface area (Å²) in [6, 6.07) is 9.56. The lowest BCUT2D eigenvalue weighted by molar-refractivity contribution is 0.415. The van der Waals surface area contributed by atoms with Gasteiger partial charge in [0.05, 0.1) is 13.7 Å². The summed E-state index contributed by atoms with van der Waals surface area (Å²) in [4.78, 5) is 4.26. The number of methoxy groups -OCH3 is 1. The number of nitrogens with one attached hydrogen (secondary N) is 1. The molecule has 0 aliphatic heterocycles. The number of aliphatic imine (C=N–C) groups is 1. The van der Waals surface area contributed by atoms with Crippen LogP contribution in [0.2, 0.25) is 0 Å². The Kier molecular flexibility index (Phi) is 4.20. The summed E-state index contributed by atoms with van der Waals surface area (Å²) >= 11 is 1.65. The van der Waals surface area contributed by atoms with Crippen molar-refractivity contribution in [2.75, 3.05) is 12.4 Å². The lowest BCUT2D eigenvalue weighted by Crippen LogP contribution is -2.22. The Morgan fingerprint density at radius 2 is 2.11 bits per heavy atom. The molecule has 0 aliphatic rings. The van der Waals surface area contributed by atoms with E-state index in [0.29, 0.717) is 12.5 Å². The van der Waals surface area contributed by atoms with E-state index in [1.54, 1.807) is 18.4 Å². The van der Waals surface area contributed by atoms with Crippen molar-refractivity contribution in [2.24, 2.45) is 10.7 Å². The Labute approximate surface area is 110 Å². The minimum atomic E-state index is 0.409. The van der Waals surface area contributed by atoms with Gasteiger partial charge in [-0.3, -0.25) is 0 Å². The molecule has 0 bridgehead atoms. The van der Waals surface area contributed by atoms with Gasteiger partial charge in [0.15, 0.2) is 5.96 Å². The van der Waals surface area contributed by atoms with Crippen LogP contribution in [0.5, 0.6) is 5.75 Å². The highest BCUT2D eigenvalue weighted by Crippen LogP contribution is 2.14. The molecule has 0 radical (unpaired) electrons.